The Bertz CT molecular complexity index is 279. The highest BCUT2D eigenvalue weighted by molar-refractivity contribution is 5.67. The summed E-state index contributed by atoms with van der Waals surface area (Å²) < 4.78 is 15.9. The molecule has 0 radical (unpaired) electrons. The lowest BCUT2D eigenvalue weighted by atomic mass is 10.1. The Labute approximate surface area is 107 Å². The van der Waals surface area contributed by atoms with E-state index in [-0.39, 0.29) is 24.5 Å². The quantitative estimate of drug-likeness (QED) is 0.806. The van der Waals surface area contributed by atoms with Gasteiger partial charge >= 0.3 is 6.09 Å². The summed E-state index contributed by atoms with van der Waals surface area (Å²) >= 11 is 0. The first-order chi connectivity index (χ1) is 8.69. The highest BCUT2D eigenvalue weighted by Crippen LogP contribution is 2.20. The second-order valence-electron chi connectivity index (χ2n) is 4.90. The second kappa shape index (κ2) is 6.36. The number of piperidine rings is 1. The molecule has 2 aliphatic rings. The molecule has 2 aliphatic heterocycles. The van der Waals surface area contributed by atoms with E-state index in [0.717, 1.165) is 25.7 Å². The van der Waals surface area contributed by atoms with Gasteiger partial charge in [-0.15, -0.1) is 0 Å². The number of rotatable bonds is 3. The van der Waals surface area contributed by atoms with Crippen LogP contribution in [0.2, 0.25) is 0 Å². The summed E-state index contributed by atoms with van der Waals surface area (Å²) in [5, 5.41) is 0. The Hall–Kier alpha value is -0.850. The molecule has 104 valence electrons. The number of hydrogen-bond donors (Lipinski definition) is 1. The number of carbonyl (C=O) groups excluding carboxylic acids is 1. The van der Waals surface area contributed by atoms with Crippen molar-refractivity contribution in [1.29, 1.82) is 0 Å². The number of amides is 1. The van der Waals surface area contributed by atoms with Crippen molar-refractivity contribution in [1.82, 2.24) is 4.90 Å². The van der Waals surface area contributed by atoms with Crippen LogP contribution < -0.4 is 5.73 Å². The van der Waals surface area contributed by atoms with Gasteiger partial charge in [-0.25, -0.2) is 4.79 Å². The SMILES string of the molecule is COC1CCC(COC(=O)N2CCC(N)CC2)O1. The highest BCUT2D eigenvalue weighted by atomic mass is 16.7. The molecule has 18 heavy (non-hydrogen) atoms. The smallest absolute Gasteiger partial charge is 0.409 e. The van der Waals surface area contributed by atoms with E-state index >= 15 is 0 Å². The maximum absolute atomic E-state index is 11.8. The van der Waals surface area contributed by atoms with Crippen LogP contribution in [-0.4, -0.2) is 56.2 Å². The zero-order chi connectivity index (χ0) is 13.0. The minimum absolute atomic E-state index is 0.0362. The number of nitrogens with two attached hydrogens (primary N) is 1. The van der Waals surface area contributed by atoms with Gasteiger partial charge in [-0.2, -0.15) is 0 Å². The number of likely N-dealkylation sites (tertiary alicyclic amines) is 1. The van der Waals surface area contributed by atoms with Gasteiger partial charge in [0.2, 0.25) is 0 Å². The molecule has 2 fully saturated rings. The molecule has 0 aromatic heterocycles. The van der Waals surface area contributed by atoms with Gasteiger partial charge in [0.25, 0.3) is 0 Å². The lowest BCUT2D eigenvalue weighted by molar-refractivity contribution is -0.124. The van der Waals surface area contributed by atoms with Gasteiger partial charge in [0.1, 0.15) is 6.61 Å². The minimum atomic E-state index is -0.258. The Morgan fingerprint density at radius 3 is 2.67 bits per heavy atom. The molecule has 0 spiro atoms. The summed E-state index contributed by atoms with van der Waals surface area (Å²) in [6.45, 7) is 1.68. The summed E-state index contributed by atoms with van der Waals surface area (Å²) in [6.07, 6.45) is 2.98. The molecule has 2 N–H and O–H groups in total. The third-order valence-electron chi connectivity index (χ3n) is 3.52. The van der Waals surface area contributed by atoms with E-state index < -0.39 is 0 Å². The molecule has 0 aromatic carbocycles. The predicted octanol–water partition coefficient (Wildman–Crippen LogP) is 0.698. The molecule has 2 heterocycles. The van der Waals surface area contributed by atoms with E-state index in [9.17, 15) is 4.79 Å². The Kier molecular flexibility index (Phi) is 4.79. The molecular weight excluding hydrogens is 236 g/mol. The lowest BCUT2D eigenvalue weighted by Gasteiger charge is -2.29. The molecule has 0 bridgehead atoms. The van der Waals surface area contributed by atoms with Crippen molar-refractivity contribution in [3.8, 4) is 0 Å². The third kappa shape index (κ3) is 3.57. The maximum atomic E-state index is 11.8. The predicted molar refractivity (Wildman–Crippen MR) is 65.0 cm³/mol. The van der Waals surface area contributed by atoms with Gasteiger partial charge in [0.05, 0.1) is 6.10 Å². The van der Waals surface area contributed by atoms with Gasteiger partial charge < -0.3 is 24.8 Å². The number of hydrogen-bond acceptors (Lipinski definition) is 5. The molecule has 6 heteroatoms. The zero-order valence-corrected chi connectivity index (χ0v) is 10.8. The summed E-state index contributed by atoms with van der Waals surface area (Å²) in [6, 6.07) is 0.217. The molecule has 2 unspecified atom stereocenters. The van der Waals surface area contributed by atoms with Gasteiger partial charge in [0.15, 0.2) is 6.29 Å². The average Bonchev–Trinajstić information content (AvgIpc) is 2.85. The fourth-order valence-corrected chi connectivity index (χ4v) is 2.31. The van der Waals surface area contributed by atoms with E-state index in [1.165, 1.54) is 0 Å². The van der Waals surface area contributed by atoms with E-state index in [0.29, 0.717) is 19.7 Å². The van der Waals surface area contributed by atoms with Crippen LogP contribution in [0.15, 0.2) is 0 Å². The first kappa shape index (κ1) is 13.6. The van der Waals surface area contributed by atoms with E-state index in [1.807, 2.05) is 0 Å². The number of methoxy groups -OCH3 is 1. The summed E-state index contributed by atoms with van der Waals surface area (Å²) in [5.74, 6) is 0. The number of ether oxygens (including phenoxy) is 3. The zero-order valence-electron chi connectivity index (χ0n) is 10.8. The van der Waals surface area contributed by atoms with Crippen molar-refractivity contribution < 1.29 is 19.0 Å². The second-order valence-corrected chi connectivity index (χ2v) is 4.90. The Morgan fingerprint density at radius 2 is 2.06 bits per heavy atom. The van der Waals surface area contributed by atoms with Gasteiger partial charge in [-0.1, -0.05) is 0 Å². The maximum Gasteiger partial charge on any atom is 0.409 e. The average molecular weight is 258 g/mol. The van der Waals surface area contributed by atoms with Crippen LogP contribution in [0.1, 0.15) is 25.7 Å². The molecule has 0 aliphatic carbocycles. The Balaban J connectivity index is 1.66. The van der Waals surface area contributed by atoms with Gasteiger partial charge in [0, 0.05) is 32.7 Å². The molecular formula is C12H22N2O4. The monoisotopic (exact) mass is 258 g/mol. The van der Waals surface area contributed by atoms with Gasteiger partial charge in [-0.3, -0.25) is 0 Å². The summed E-state index contributed by atoms with van der Waals surface area (Å²) in [4.78, 5) is 13.5. The van der Waals surface area contributed by atoms with Crippen molar-refractivity contribution in [2.24, 2.45) is 5.73 Å². The largest absolute Gasteiger partial charge is 0.447 e. The van der Waals surface area contributed by atoms with Gasteiger partial charge in [-0.05, 0) is 19.3 Å². The van der Waals surface area contributed by atoms with E-state index in [1.54, 1.807) is 12.0 Å². The lowest BCUT2D eigenvalue weighted by Crippen LogP contribution is -2.43. The molecule has 2 rings (SSSR count). The topological polar surface area (TPSA) is 74.0 Å². The first-order valence-electron chi connectivity index (χ1n) is 6.54. The van der Waals surface area contributed by atoms with E-state index in [2.05, 4.69) is 0 Å². The van der Waals surface area contributed by atoms with Crippen molar-refractivity contribution >= 4 is 6.09 Å². The van der Waals surface area contributed by atoms with Crippen LogP contribution in [0.4, 0.5) is 4.79 Å². The molecule has 1 amide bonds. The molecule has 6 nitrogen and oxygen atoms in total. The summed E-state index contributed by atoms with van der Waals surface area (Å²) in [5.41, 5.74) is 5.79. The Morgan fingerprint density at radius 1 is 1.33 bits per heavy atom. The number of carbonyl (C=O) groups is 1. The molecule has 2 saturated heterocycles. The van der Waals surface area contributed by atoms with Crippen molar-refractivity contribution in [3.05, 3.63) is 0 Å². The van der Waals surface area contributed by atoms with Crippen LogP contribution in [0.3, 0.4) is 0 Å². The van der Waals surface area contributed by atoms with E-state index in [4.69, 9.17) is 19.9 Å². The standard InChI is InChI=1S/C12H22N2O4/c1-16-11-3-2-10(18-11)8-17-12(15)14-6-4-9(13)5-7-14/h9-11H,2-8,13H2,1H3. The fourth-order valence-electron chi connectivity index (χ4n) is 2.31. The highest BCUT2D eigenvalue weighted by Gasteiger charge is 2.27. The van der Waals surface area contributed by atoms with Crippen LogP contribution in [0.25, 0.3) is 0 Å². The molecule has 0 saturated carbocycles. The van der Waals surface area contributed by atoms with Crippen LogP contribution in [-0.2, 0) is 14.2 Å². The third-order valence-corrected chi connectivity index (χ3v) is 3.52. The van der Waals surface area contributed by atoms with Crippen molar-refractivity contribution in [2.75, 3.05) is 26.8 Å². The summed E-state index contributed by atoms with van der Waals surface area (Å²) in [7, 11) is 1.62. The molecule has 2 atom stereocenters. The normalized spacial score (nSPS) is 29.6. The minimum Gasteiger partial charge on any atom is -0.447 e. The van der Waals surface area contributed by atoms with Crippen LogP contribution in [0.5, 0.6) is 0 Å². The molecule has 0 aromatic rings. The van der Waals surface area contributed by atoms with Crippen LogP contribution >= 0.6 is 0 Å². The van der Waals surface area contributed by atoms with Crippen molar-refractivity contribution in [3.63, 3.8) is 0 Å². The first-order valence-corrected chi connectivity index (χ1v) is 6.54. The van der Waals surface area contributed by atoms with Crippen molar-refractivity contribution in [2.45, 2.75) is 44.1 Å². The fraction of sp³-hybridized carbons (Fsp3) is 0.917. The number of nitrogens with zero attached hydrogens (tertiary/aromatic N) is 1. The van der Waals surface area contributed by atoms with Crippen LogP contribution in [0, 0.1) is 0 Å².